The van der Waals surface area contributed by atoms with Gasteiger partial charge in [0.05, 0.1) is 5.92 Å². The minimum Gasteiger partial charge on any atom is -0.452 e. The number of nitrogens with zero attached hydrogens (tertiary/aromatic N) is 1. The number of benzene rings is 1. The molecule has 0 unspecified atom stereocenters. The van der Waals surface area contributed by atoms with E-state index in [1.165, 1.54) is 31.2 Å². The Balaban J connectivity index is 1.84. The SMILES string of the molecule is CCNC(=O)[C@@H](C)OC(=O)C1CCN(C(=O)c2ccc(F)cc2)CC1. The predicted molar refractivity (Wildman–Crippen MR) is 89.3 cm³/mol. The Morgan fingerprint density at radius 3 is 2.40 bits per heavy atom. The molecule has 1 atom stereocenters. The Hall–Kier alpha value is -2.44. The molecule has 1 aliphatic rings. The Morgan fingerprint density at radius 1 is 1.24 bits per heavy atom. The molecule has 1 aromatic carbocycles. The minimum absolute atomic E-state index is 0.178. The second-order valence-electron chi connectivity index (χ2n) is 6.05. The Bertz CT molecular complexity index is 624. The molecular formula is C18H23FN2O4. The molecule has 0 saturated carbocycles. The number of hydrogen-bond donors (Lipinski definition) is 1. The third-order valence-corrected chi connectivity index (χ3v) is 4.22. The van der Waals surface area contributed by atoms with E-state index >= 15 is 0 Å². The fourth-order valence-electron chi connectivity index (χ4n) is 2.74. The van der Waals surface area contributed by atoms with Crippen molar-refractivity contribution in [3.05, 3.63) is 35.6 Å². The zero-order valence-electron chi connectivity index (χ0n) is 14.5. The van der Waals surface area contributed by atoms with Gasteiger partial charge in [-0.3, -0.25) is 14.4 Å². The quantitative estimate of drug-likeness (QED) is 0.821. The molecule has 1 N–H and O–H groups in total. The first-order valence-electron chi connectivity index (χ1n) is 8.45. The van der Waals surface area contributed by atoms with Crippen LogP contribution in [-0.2, 0) is 14.3 Å². The van der Waals surface area contributed by atoms with Crippen LogP contribution in [0.2, 0.25) is 0 Å². The molecule has 2 rings (SSSR count). The summed E-state index contributed by atoms with van der Waals surface area (Å²) in [6.45, 7) is 4.65. The lowest BCUT2D eigenvalue weighted by Crippen LogP contribution is -2.42. The zero-order chi connectivity index (χ0) is 18.4. The molecule has 1 aromatic rings. The molecule has 2 amide bonds. The lowest BCUT2D eigenvalue weighted by molar-refractivity contribution is -0.160. The van der Waals surface area contributed by atoms with Crippen LogP contribution >= 0.6 is 0 Å². The Morgan fingerprint density at radius 2 is 1.84 bits per heavy atom. The first-order chi connectivity index (χ1) is 11.9. The number of halogens is 1. The largest absolute Gasteiger partial charge is 0.452 e. The maximum atomic E-state index is 12.9. The van der Waals surface area contributed by atoms with Crippen molar-refractivity contribution in [2.24, 2.45) is 5.92 Å². The first-order valence-corrected chi connectivity index (χ1v) is 8.45. The summed E-state index contributed by atoms with van der Waals surface area (Å²) in [5.41, 5.74) is 0.423. The van der Waals surface area contributed by atoms with Gasteiger partial charge >= 0.3 is 5.97 Å². The van der Waals surface area contributed by atoms with Crippen molar-refractivity contribution >= 4 is 17.8 Å². The van der Waals surface area contributed by atoms with E-state index in [0.29, 0.717) is 38.0 Å². The Kier molecular flexibility index (Phi) is 6.50. The maximum Gasteiger partial charge on any atom is 0.309 e. The molecule has 1 saturated heterocycles. The van der Waals surface area contributed by atoms with E-state index in [1.807, 2.05) is 0 Å². The van der Waals surface area contributed by atoms with Gasteiger partial charge in [-0.2, -0.15) is 0 Å². The number of carbonyl (C=O) groups is 3. The van der Waals surface area contributed by atoms with E-state index in [-0.39, 0.29) is 23.5 Å². The maximum absolute atomic E-state index is 12.9. The van der Waals surface area contributed by atoms with Crippen LogP contribution in [0.4, 0.5) is 4.39 Å². The van der Waals surface area contributed by atoms with Crippen LogP contribution in [-0.4, -0.2) is 48.4 Å². The summed E-state index contributed by atoms with van der Waals surface area (Å²) in [5, 5.41) is 2.60. The highest BCUT2D eigenvalue weighted by Gasteiger charge is 2.30. The van der Waals surface area contributed by atoms with Gasteiger partial charge < -0.3 is 15.0 Å². The van der Waals surface area contributed by atoms with Crippen molar-refractivity contribution in [3.8, 4) is 0 Å². The van der Waals surface area contributed by atoms with E-state index in [0.717, 1.165) is 0 Å². The van der Waals surface area contributed by atoms with Gasteiger partial charge in [-0.15, -0.1) is 0 Å². The number of esters is 1. The molecule has 0 aliphatic carbocycles. The summed E-state index contributed by atoms with van der Waals surface area (Å²) >= 11 is 0. The standard InChI is InChI=1S/C18H23FN2O4/c1-3-20-16(22)12(2)25-18(24)14-8-10-21(11-9-14)17(23)13-4-6-15(19)7-5-13/h4-7,12,14H,3,8-11H2,1-2H3,(H,20,22)/t12-/m1/s1. The number of nitrogens with one attached hydrogen (secondary N) is 1. The lowest BCUT2D eigenvalue weighted by Gasteiger charge is -2.31. The van der Waals surface area contributed by atoms with Gasteiger partial charge in [0, 0.05) is 25.2 Å². The smallest absolute Gasteiger partial charge is 0.309 e. The average Bonchev–Trinajstić information content (AvgIpc) is 2.62. The van der Waals surface area contributed by atoms with E-state index in [2.05, 4.69) is 5.32 Å². The van der Waals surface area contributed by atoms with Crippen molar-refractivity contribution in [1.29, 1.82) is 0 Å². The molecule has 1 aliphatic heterocycles. The van der Waals surface area contributed by atoms with Crippen molar-refractivity contribution in [3.63, 3.8) is 0 Å². The van der Waals surface area contributed by atoms with E-state index in [9.17, 15) is 18.8 Å². The van der Waals surface area contributed by atoms with Gasteiger partial charge in [-0.25, -0.2) is 4.39 Å². The molecular weight excluding hydrogens is 327 g/mol. The molecule has 0 bridgehead atoms. The van der Waals surface area contributed by atoms with Gasteiger partial charge in [0.25, 0.3) is 11.8 Å². The van der Waals surface area contributed by atoms with E-state index < -0.39 is 12.1 Å². The van der Waals surface area contributed by atoms with Gasteiger partial charge in [0.15, 0.2) is 6.10 Å². The van der Waals surface area contributed by atoms with Crippen LogP contribution in [0.3, 0.4) is 0 Å². The molecule has 1 fully saturated rings. The summed E-state index contributed by atoms with van der Waals surface area (Å²) < 4.78 is 18.1. The highest BCUT2D eigenvalue weighted by Crippen LogP contribution is 2.21. The molecule has 7 heteroatoms. The van der Waals surface area contributed by atoms with Crippen LogP contribution in [0.5, 0.6) is 0 Å². The van der Waals surface area contributed by atoms with Crippen LogP contribution in [0.25, 0.3) is 0 Å². The lowest BCUT2D eigenvalue weighted by atomic mass is 9.96. The summed E-state index contributed by atoms with van der Waals surface area (Å²) in [6, 6.07) is 5.40. The third kappa shape index (κ3) is 5.01. The van der Waals surface area contributed by atoms with Crippen molar-refractivity contribution in [1.82, 2.24) is 10.2 Å². The number of amides is 2. The number of carbonyl (C=O) groups excluding carboxylic acids is 3. The number of ether oxygens (including phenoxy) is 1. The van der Waals surface area contributed by atoms with Crippen LogP contribution in [0.1, 0.15) is 37.0 Å². The summed E-state index contributed by atoms with van der Waals surface area (Å²) in [7, 11) is 0. The Labute approximate surface area is 146 Å². The van der Waals surface area contributed by atoms with Crippen molar-refractivity contribution in [2.75, 3.05) is 19.6 Å². The molecule has 6 nitrogen and oxygen atoms in total. The highest BCUT2D eigenvalue weighted by atomic mass is 19.1. The molecule has 1 heterocycles. The monoisotopic (exact) mass is 350 g/mol. The summed E-state index contributed by atoms with van der Waals surface area (Å²) in [6.07, 6.45) is 0.133. The molecule has 0 aromatic heterocycles. The fraction of sp³-hybridized carbons (Fsp3) is 0.500. The minimum atomic E-state index is -0.827. The molecule has 0 spiro atoms. The first kappa shape index (κ1) is 18.9. The van der Waals surface area contributed by atoms with Crippen LogP contribution in [0.15, 0.2) is 24.3 Å². The summed E-state index contributed by atoms with van der Waals surface area (Å²) in [4.78, 5) is 37.8. The third-order valence-electron chi connectivity index (χ3n) is 4.22. The zero-order valence-corrected chi connectivity index (χ0v) is 14.5. The predicted octanol–water partition coefficient (Wildman–Crippen LogP) is 1.75. The topological polar surface area (TPSA) is 75.7 Å². The van der Waals surface area contributed by atoms with Crippen molar-refractivity contribution in [2.45, 2.75) is 32.8 Å². The van der Waals surface area contributed by atoms with Gasteiger partial charge in [-0.1, -0.05) is 0 Å². The summed E-state index contributed by atoms with van der Waals surface area (Å²) in [5.74, 6) is -1.62. The van der Waals surface area contributed by atoms with Crippen molar-refractivity contribution < 1.29 is 23.5 Å². The number of hydrogen-bond acceptors (Lipinski definition) is 4. The molecule has 25 heavy (non-hydrogen) atoms. The molecule has 136 valence electrons. The highest BCUT2D eigenvalue weighted by molar-refractivity contribution is 5.94. The van der Waals surface area contributed by atoms with E-state index in [1.54, 1.807) is 11.8 Å². The number of piperidine rings is 1. The fourth-order valence-corrected chi connectivity index (χ4v) is 2.74. The average molecular weight is 350 g/mol. The second-order valence-corrected chi connectivity index (χ2v) is 6.05. The molecule has 0 radical (unpaired) electrons. The number of likely N-dealkylation sites (N-methyl/N-ethyl adjacent to an activating group) is 1. The van der Waals surface area contributed by atoms with Crippen LogP contribution < -0.4 is 5.32 Å². The van der Waals surface area contributed by atoms with E-state index in [4.69, 9.17) is 4.74 Å². The van der Waals surface area contributed by atoms with Crippen LogP contribution in [0, 0.1) is 11.7 Å². The number of rotatable bonds is 5. The van der Waals surface area contributed by atoms with Gasteiger partial charge in [-0.05, 0) is 51.0 Å². The normalized spacial score (nSPS) is 16.2. The second kappa shape index (κ2) is 8.60. The number of likely N-dealkylation sites (tertiary alicyclic amines) is 1. The van der Waals surface area contributed by atoms with Gasteiger partial charge in [0.2, 0.25) is 0 Å². The van der Waals surface area contributed by atoms with Gasteiger partial charge in [0.1, 0.15) is 5.82 Å².